The van der Waals surface area contributed by atoms with E-state index < -0.39 is 25.1 Å². The van der Waals surface area contributed by atoms with E-state index in [1.165, 1.54) is 0 Å². The van der Waals surface area contributed by atoms with Crippen LogP contribution in [0, 0.1) is 0 Å². The third-order valence-corrected chi connectivity index (χ3v) is 5.20. The number of hydrogen-bond acceptors (Lipinski definition) is 4. The Kier molecular flexibility index (Phi) is 5.67. The summed E-state index contributed by atoms with van der Waals surface area (Å²) in [7, 11) is -8.53. The van der Waals surface area contributed by atoms with Gasteiger partial charge in [0.05, 0.1) is 9.79 Å². The lowest BCUT2D eigenvalue weighted by Gasteiger charge is -2.13. The maximum atomic E-state index is 12.7. The van der Waals surface area contributed by atoms with Gasteiger partial charge in [0.1, 0.15) is 0 Å². The zero-order valence-corrected chi connectivity index (χ0v) is 13.0. The predicted molar refractivity (Wildman–Crippen MR) is 74.0 cm³/mol. The van der Waals surface area contributed by atoms with Crippen LogP contribution >= 0.6 is 0 Å². The van der Waals surface area contributed by atoms with Gasteiger partial charge in [0.25, 0.3) is 0 Å². The highest BCUT2D eigenvalue weighted by Gasteiger charge is 2.19. The summed E-state index contributed by atoms with van der Waals surface area (Å²) in [5, 5.41) is 0. The van der Waals surface area contributed by atoms with Crippen molar-refractivity contribution in [1.82, 2.24) is 4.72 Å². The van der Waals surface area contributed by atoms with Gasteiger partial charge >= 0.3 is 10.2 Å². The number of unbranched alkanes of at least 4 members (excludes halogenated alkanes) is 1. The molecule has 0 aliphatic carbocycles. The highest BCUT2D eigenvalue weighted by molar-refractivity contribution is 7.89. The topological polar surface area (TPSA) is 80.3 Å². The normalized spacial score (nSPS) is 14.2. The molecule has 0 spiro atoms. The van der Waals surface area contributed by atoms with E-state index in [0.717, 1.165) is 37.1 Å². The van der Waals surface area contributed by atoms with Crippen molar-refractivity contribution in [3.05, 3.63) is 24.3 Å². The second-order valence-electron chi connectivity index (χ2n) is 4.57. The van der Waals surface area contributed by atoms with Gasteiger partial charge in [-0.3, -0.25) is 0 Å². The van der Waals surface area contributed by atoms with Crippen LogP contribution in [0.2, 0.25) is 0 Å². The van der Waals surface area contributed by atoms with Crippen molar-refractivity contribution in [2.75, 3.05) is 0 Å². The monoisotopic (exact) mass is 323 g/mol. The molecule has 114 valence electrons. The Morgan fingerprint density at radius 1 is 1.10 bits per heavy atom. The molecule has 1 atom stereocenters. The van der Waals surface area contributed by atoms with Crippen LogP contribution in [0.3, 0.4) is 0 Å². The molecular formula is C12H18FNO4S2. The molecule has 8 heteroatoms. The number of nitrogens with one attached hydrogen (secondary N) is 1. The molecule has 1 aromatic rings. The second-order valence-corrected chi connectivity index (χ2v) is 7.63. The third kappa shape index (κ3) is 4.84. The number of halogens is 1. The molecule has 1 rings (SSSR count). The van der Waals surface area contributed by atoms with E-state index in [9.17, 15) is 20.7 Å². The molecular weight excluding hydrogens is 305 g/mol. The van der Waals surface area contributed by atoms with Gasteiger partial charge in [0, 0.05) is 6.04 Å². The number of rotatable bonds is 7. The van der Waals surface area contributed by atoms with Crippen LogP contribution in [0.5, 0.6) is 0 Å². The van der Waals surface area contributed by atoms with Gasteiger partial charge in [-0.2, -0.15) is 8.42 Å². The summed E-state index contributed by atoms with van der Waals surface area (Å²) >= 11 is 0. The molecule has 0 bridgehead atoms. The van der Waals surface area contributed by atoms with Gasteiger partial charge in [0.2, 0.25) is 10.0 Å². The molecule has 1 unspecified atom stereocenters. The van der Waals surface area contributed by atoms with E-state index in [0.29, 0.717) is 6.42 Å². The molecule has 0 aromatic heterocycles. The van der Waals surface area contributed by atoms with Gasteiger partial charge in [-0.25, -0.2) is 13.1 Å². The highest BCUT2D eigenvalue weighted by Crippen LogP contribution is 2.16. The smallest absolute Gasteiger partial charge is 0.208 e. The van der Waals surface area contributed by atoms with E-state index >= 15 is 0 Å². The number of hydrogen-bond donors (Lipinski definition) is 1. The Morgan fingerprint density at radius 3 is 2.05 bits per heavy atom. The first-order valence-corrected chi connectivity index (χ1v) is 9.10. The summed E-state index contributed by atoms with van der Waals surface area (Å²) in [6.45, 7) is 3.77. The molecule has 0 aliphatic heterocycles. The van der Waals surface area contributed by atoms with Crippen molar-refractivity contribution in [1.29, 1.82) is 0 Å². The fourth-order valence-corrected chi connectivity index (χ4v) is 3.42. The third-order valence-electron chi connectivity index (χ3n) is 2.76. The van der Waals surface area contributed by atoms with Crippen molar-refractivity contribution in [3.8, 4) is 0 Å². The second kappa shape index (κ2) is 6.64. The molecule has 0 saturated carbocycles. The molecule has 0 amide bonds. The summed E-state index contributed by atoms with van der Waals surface area (Å²) in [6.07, 6.45) is 2.59. The van der Waals surface area contributed by atoms with Crippen LogP contribution in [0.1, 0.15) is 33.1 Å². The Balaban J connectivity index is 2.88. The summed E-state index contributed by atoms with van der Waals surface area (Å²) in [6, 6.07) is 3.79. The van der Waals surface area contributed by atoms with Crippen molar-refractivity contribution in [2.45, 2.75) is 48.9 Å². The fraction of sp³-hybridized carbons (Fsp3) is 0.500. The van der Waals surface area contributed by atoms with Crippen LogP contribution in [-0.2, 0) is 20.2 Å². The van der Waals surface area contributed by atoms with Crippen LogP contribution in [-0.4, -0.2) is 22.9 Å². The van der Waals surface area contributed by atoms with Crippen molar-refractivity contribution in [2.24, 2.45) is 0 Å². The average molecular weight is 323 g/mol. The fourth-order valence-electron chi connectivity index (χ4n) is 1.68. The summed E-state index contributed by atoms with van der Waals surface area (Å²) in [5.74, 6) is 0. The Bertz CT molecular complexity index is 639. The van der Waals surface area contributed by atoms with E-state index in [2.05, 4.69) is 4.72 Å². The first-order chi connectivity index (χ1) is 9.16. The highest BCUT2D eigenvalue weighted by atomic mass is 32.3. The lowest BCUT2D eigenvalue weighted by molar-refractivity contribution is 0.533. The van der Waals surface area contributed by atoms with Gasteiger partial charge in [0.15, 0.2) is 0 Å². The molecule has 0 fully saturated rings. The minimum Gasteiger partial charge on any atom is -0.208 e. The lowest BCUT2D eigenvalue weighted by atomic mass is 10.2. The molecule has 0 saturated heterocycles. The average Bonchev–Trinajstić information content (AvgIpc) is 2.35. The largest absolute Gasteiger partial charge is 0.332 e. The summed E-state index contributed by atoms with van der Waals surface area (Å²) < 4.78 is 60.5. The standard InChI is InChI=1S/C12H18FNO4S2/c1-3-4-5-10(2)14-20(17,18)12-8-6-11(7-9-12)19(13,15)16/h6-10,14H,3-5H2,1-2H3. The van der Waals surface area contributed by atoms with E-state index in [1.807, 2.05) is 6.92 Å². The maximum Gasteiger partial charge on any atom is 0.332 e. The number of benzene rings is 1. The van der Waals surface area contributed by atoms with Gasteiger partial charge < -0.3 is 0 Å². The van der Waals surface area contributed by atoms with Gasteiger partial charge in [-0.05, 0) is 37.6 Å². The van der Waals surface area contributed by atoms with Crippen molar-refractivity contribution >= 4 is 20.2 Å². The molecule has 0 heterocycles. The van der Waals surface area contributed by atoms with Crippen molar-refractivity contribution in [3.63, 3.8) is 0 Å². The Hall–Kier alpha value is -0.990. The quantitative estimate of drug-likeness (QED) is 0.780. The minimum absolute atomic E-state index is 0.0896. The molecule has 1 N–H and O–H groups in total. The Morgan fingerprint density at radius 2 is 1.60 bits per heavy atom. The maximum absolute atomic E-state index is 12.7. The Labute approximate surface area is 119 Å². The predicted octanol–water partition coefficient (Wildman–Crippen LogP) is 2.20. The molecule has 20 heavy (non-hydrogen) atoms. The molecule has 0 aliphatic rings. The molecule has 0 radical (unpaired) electrons. The van der Waals surface area contributed by atoms with Crippen LogP contribution in [0.4, 0.5) is 3.89 Å². The van der Waals surface area contributed by atoms with Crippen LogP contribution in [0.15, 0.2) is 34.1 Å². The van der Waals surface area contributed by atoms with E-state index in [4.69, 9.17) is 0 Å². The zero-order valence-electron chi connectivity index (χ0n) is 11.3. The summed E-state index contributed by atoms with van der Waals surface area (Å²) in [5.41, 5.74) is 0. The molecule has 5 nitrogen and oxygen atoms in total. The minimum atomic E-state index is -4.82. The van der Waals surface area contributed by atoms with E-state index in [1.54, 1.807) is 6.92 Å². The molecule has 1 aromatic carbocycles. The SMILES string of the molecule is CCCCC(C)NS(=O)(=O)c1ccc(S(=O)(=O)F)cc1. The van der Waals surface area contributed by atoms with E-state index in [-0.39, 0.29) is 10.9 Å². The zero-order chi connectivity index (χ0) is 15.4. The van der Waals surface area contributed by atoms with Crippen LogP contribution < -0.4 is 4.72 Å². The first-order valence-electron chi connectivity index (χ1n) is 6.24. The van der Waals surface area contributed by atoms with Crippen LogP contribution in [0.25, 0.3) is 0 Å². The van der Waals surface area contributed by atoms with Gasteiger partial charge in [-0.15, -0.1) is 3.89 Å². The van der Waals surface area contributed by atoms with Crippen molar-refractivity contribution < 1.29 is 20.7 Å². The summed E-state index contributed by atoms with van der Waals surface area (Å²) in [4.78, 5) is -0.649. The first kappa shape index (κ1) is 17.1. The number of sulfonamides is 1. The van der Waals surface area contributed by atoms with Gasteiger partial charge in [-0.1, -0.05) is 19.8 Å². The lowest BCUT2D eigenvalue weighted by Crippen LogP contribution is -2.32.